The molecule has 90 heavy (non-hydrogen) atoms. The van der Waals surface area contributed by atoms with Crippen molar-refractivity contribution in [1.82, 2.24) is 19.6 Å². The second-order valence-electron chi connectivity index (χ2n) is 29.6. The van der Waals surface area contributed by atoms with Gasteiger partial charge in [0, 0.05) is 83.5 Å². The summed E-state index contributed by atoms with van der Waals surface area (Å²) in [4.78, 5) is 99.5. The Hall–Kier alpha value is -4.28. The molecule has 2 unspecified atom stereocenters. The van der Waals surface area contributed by atoms with E-state index in [0.717, 1.165) is 18.4 Å². The van der Waals surface area contributed by atoms with E-state index in [1.165, 1.54) is 0 Å². The molecule has 2 atom stereocenters. The maximum absolute atomic E-state index is 12.3. The summed E-state index contributed by atoms with van der Waals surface area (Å²) in [7, 11) is -5.97. The van der Waals surface area contributed by atoms with Gasteiger partial charge in [0.2, 0.25) is 0 Å². The zero-order chi connectivity index (χ0) is 69.0. The number of carbonyl (C=O) groups excluding carboxylic acids is 8. The summed E-state index contributed by atoms with van der Waals surface area (Å²) < 4.78 is 71.9. The minimum Gasteiger partial charge on any atom is -1.00 e. The van der Waals surface area contributed by atoms with Gasteiger partial charge in [0.15, 0.2) is 0 Å². The summed E-state index contributed by atoms with van der Waals surface area (Å²) in [6, 6.07) is 6.64. The normalized spacial score (nSPS) is 19.1. The molecule has 5 rings (SSSR count). The number of ketones is 2. The summed E-state index contributed by atoms with van der Waals surface area (Å²) in [6.07, 6.45) is 2.82. The number of aryl methyl sites for hydroxylation is 1. The van der Waals surface area contributed by atoms with Gasteiger partial charge in [-0.2, -0.15) is 8.42 Å². The molecule has 22 nitrogen and oxygen atoms in total. The monoisotopic (exact) mass is 1320 g/mol. The average molecular weight is 1330 g/mol. The summed E-state index contributed by atoms with van der Waals surface area (Å²) in [5, 5.41) is 0. The SMILES string of the molecule is CC(C)(C)OC(=O)N1CCC(=O)C(C)(C)C1.CC(C)(C)OC(=O)N1CCC(=O)CC1.CCOC(=O)CC1CCN(C(=O)OC(C)(C)C)CC1(C)C.CCOC(=O)CP(C)(C)=O.Cc1ccc(S(=O)(=O)OCCC2CCN(C(=O)OC(C)(C)C)CC2(C)C)cc1.[H-].[Na+]. The number of amides is 4. The van der Waals surface area contributed by atoms with Crippen LogP contribution < -0.4 is 29.6 Å². The molecular formula is C65H114N4NaO18PS. The predicted octanol–water partition coefficient (Wildman–Crippen LogP) is 9.69. The zero-order valence-corrected chi connectivity index (χ0v) is 63.1. The smallest absolute Gasteiger partial charge is 1.00 e. The number of piperidine rings is 4. The Morgan fingerprint density at radius 1 is 0.567 bits per heavy atom. The second kappa shape index (κ2) is 36.4. The number of rotatable bonds is 11. The van der Waals surface area contributed by atoms with Crippen LogP contribution in [-0.2, 0) is 66.5 Å². The molecule has 0 aliphatic carbocycles. The number of hydrogen-bond donors (Lipinski definition) is 0. The molecule has 0 aromatic heterocycles. The first-order valence-corrected chi connectivity index (χ1v) is 35.3. The fraction of sp³-hybridized carbons (Fsp3) is 0.785. The van der Waals surface area contributed by atoms with Crippen LogP contribution in [-0.4, -0.2) is 190 Å². The fourth-order valence-electron chi connectivity index (χ4n) is 9.66. The van der Waals surface area contributed by atoms with Crippen LogP contribution in [0.4, 0.5) is 19.2 Å². The van der Waals surface area contributed by atoms with E-state index in [1.54, 1.807) is 64.1 Å². The number of esters is 2. The molecule has 0 spiro atoms. The van der Waals surface area contributed by atoms with Crippen molar-refractivity contribution in [1.29, 1.82) is 0 Å². The van der Waals surface area contributed by atoms with Crippen LogP contribution >= 0.6 is 7.14 Å². The number of Topliss-reactive ketones (excluding diaryl/α,β-unsaturated/α-hetero) is 2. The van der Waals surface area contributed by atoms with Gasteiger partial charge in [-0.15, -0.1) is 0 Å². The molecule has 4 fully saturated rings. The second-order valence-corrected chi connectivity index (χ2v) is 34.7. The van der Waals surface area contributed by atoms with Gasteiger partial charge in [-0.25, -0.2) is 19.2 Å². The Bertz CT molecular complexity index is 2660. The van der Waals surface area contributed by atoms with Crippen LogP contribution in [0.3, 0.4) is 0 Å². The number of likely N-dealkylation sites (tertiary alicyclic amines) is 4. The first kappa shape index (κ1) is 85.7. The van der Waals surface area contributed by atoms with Crippen LogP contribution in [0.5, 0.6) is 0 Å². The third-order valence-electron chi connectivity index (χ3n) is 14.3. The van der Waals surface area contributed by atoms with Crippen molar-refractivity contribution in [2.75, 3.05) is 91.7 Å². The number of hydrogen-bond acceptors (Lipinski definition) is 18. The number of nitrogens with zero attached hydrogens (tertiary/aromatic N) is 4. The molecule has 0 saturated carbocycles. The van der Waals surface area contributed by atoms with Crippen LogP contribution in [0.2, 0.25) is 0 Å². The van der Waals surface area contributed by atoms with Crippen molar-refractivity contribution >= 4 is 65.1 Å². The van der Waals surface area contributed by atoms with Gasteiger partial charge in [-0.3, -0.25) is 23.4 Å². The van der Waals surface area contributed by atoms with Gasteiger partial charge in [-0.05, 0) is 171 Å². The van der Waals surface area contributed by atoms with Crippen LogP contribution in [0.15, 0.2) is 29.2 Å². The molecule has 4 amide bonds. The van der Waals surface area contributed by atoms with Gasteiger partial charge >= 0.3 is 65.9 Å². The maximum atomic E-state index is 12.3. The molecule has 0 bridgehead atoms. The van der Waals surface area contributed by atoms with E-state index in [0.29, 0.717) is 97.7 Å². The first-order chi connectivity index (χ1) is 40.3. The zero-order valence-electron chi connectivity index (χ0n) is 60.4. The maximum Gasteiger partial charge on any atom is 1.00 e. The fourth-order valence-corrected chi connectivity index (χ4v) is 11.3. The molecule has 1 aromatic rings. The molecule has 25 heteroatoms. The Morgan fingerprint density at radius 3 is 1.30 bits per heavy atom. The van der Waals surface area contributed by atoms with Crippen molar-refractivity contribution in [3.63, 3.8) is 0 Å². The first-order valence-electron chi connectivity index (χ1n) is 31.1. The molecule has 514 valence electrons. The standard InChI is InChI=1S/C21H33NO5S.C16H29NO4.C12H21NO3.C10H17NO3.C6H13O3P.Na.H/c1-16-7-9-18(10-8-16)28(24,25)26-14-12-17-11-13-22(15-21(17,5)6)19(23)27-20(2,3)4;1-7-20-13(18)10-12-8-9-17(11-16(12,5)6)14(19)21-15(2,3)4;1-11(2,3)16-10(15)13-7-6-9(14)12(4,5)8-13;1-10(2,3)14-9(13)11-6-4-8(12)5-7-11;1-4-9-6(7)5-10(2,3)8;;/h7-10,17H,11-15H2,1-6H3;12H,7-11H2,1-6H3;6-8H2,1-5H3;4-7H2,1-3H3;4-5H2,1-3H3;;/q;;;;;+1;-1. The minimum absolute atomic E-state index is 0. The van der Waals surface area contributed by atoms with Crippen molar-refractivity contribution in [3.05, 3.63) is 29.8 Å². The van der Waals surface area contributed by atoms with E-state index < -0.39 is 45.1 Å². The average Bonchev–Trinajstić information content (AvgIpc) is 1.03. The summed E-state index contributed by atoms with van der Waals surface area (Å²) in [6.45, 7) is 48.1. The molecule has 4 aliphatic heterocycles. The topological polar surface area (TPSA) is 265 Å². The largest absolute Gasteiger partial charge is 1.00 e. The van der Waals surface area contributed by atoms with Crippen LogP contribution in [0.25, 0.3) is 0 Å². The Labute approximate surface area is 563 Å². The van der Waals surface area contributed by atoms with Crippen LogP contribution in [0, 0.1) is 35.0 Å². The summed E-state index contributed by atoms with van der Waals surface area (Å²) in [5.41, 5.74) is -1.67. The summed E-state index contributed by atoms with van der Waals surface area (Å²) in [5.74, 6) is 0.420. The Morgan fingerprint density at radius 2 is 0.933 bits per heavy atom. The molecule has 4 aliphatic rings. The third-order valence-corrected chi connectivity index (χ3v) is 16.7. The van der Waals surface area contributed by atoms with E-state index in [-0.39, 0.29) is 119 Å². The van der Waals surface area contributed by atoms with Crippen LogP contribution in [0.1, 0.15) is 190 Å². The summed E-state index contributed by atoms with van der Waals surface area (Å²) >= 11 is 0. The number of ether oxygens (including phenoxy) is 6. The molecule has 1 aromatic carbocycles. The number of benzene rings is 1. The van der Waals surface area contributed by atoms with Crippen molar-refractivity contribution in [2.24, 2.45) is 28.1 Å². The van der Waals surface area contributed by atoms with E-state index in [9.17, 15) is 51.3 Å². The van der Waals surface area contributed by atoms with E-state index >= 15 is 0 Å². The molecule has 4 heterocycles. The Kier molecular flexibility index (Phi) is 34.7. The predicted molar refractivity (Wildman–Crippen MR) is 345 cm³/mol. The molecule has 0 N–H and O–H groups in total. The molecular weight excluding hydrogens is 1210 g/mol. The molecule has 0 radical (unpaired) electrons. The van der Waals surface area contributed by atoms with E-state index in [2.05, 4.69) is 32.4 Å². The number of carbonyl (C=O) groups is 8. The van der Waals surface area contributed by atoms with Gasteiger partial charge in [0.05, 0.1) is 38.0 Å². The van der Waals surface area contributed by atoms with E-state index in [4.69, 9.17) is 27.9 Å². The van der Waals surface area contributed by atoms with Crippen molar-refractivity contribution in [3.8, 4) is 0 Å². The van der Waals surface area contributed by atoms with Gasteiger partial charge in [0.1, 0.15) is 34.0 Å². The van der Waals surface area contributed by atoms with Crippen molar-refractivity contribution < 1.29 is 115 Å². The third kappa shape index (κ3) is 35.1. The van der Waals surface area contributed by atoms with Gasteiger partial charge in [-0.1, -0.05) is 59.2 Å². The minimum atomic E-state index is -3.74. The van der Waals surface area contributed by atoms with Crippen molar-refractivity contribution in [2.45, 2.75) is 218 Å². The van der Waals surface area contributed by atoms with E-state index in [1.807, 2.05) is 111 Å². The van der Waals surface area contributed by atoms with Gasteiger partial charge < -0.3 is 54.0 Å². The molecule has 4 saturated heterocycles. The Balaban J connectivity index is 0. The van der Waals surface area contributed by atoms with Gasteiger partial charge in [0.25, 0.3) is 10.1 Å². The quantitative estimate of drug-likeness (QED) is 0.0656.